The predicted molar refractivity (Wildman–Crippen MR) is 83.5 cm³/mol. The van der Waals surface area contributed by atoms with E-state index in [-0.39, 0.29) is 16.7 Å². The molecule has 0 bridgehead atoms. The van der Waals surface area contributed by atoms with Crippen LogP contribution in [0, 0.1) is 0 Å². The summed E-state index contributed by atoms with van der Waals surface area (Å²) in [6.45, 7) is 13.6. The number of methoxy groups -OCH3 is 1. The van der Waals surface area contributed by atoms with Crippen molar-refractivity contribution < 1.29 is 14.0 Å². The normalized spacial score (nSPS) is 19.5. The van der Waals surface area contributed by atoms with E-state index in [0.717, 1.165) is 25.9 Å². The van der Waals surface area contributed by atoms with Crippen LogP contribution in [0.15, 0.2) is 0 Å². The van der Waals surface area contributed by atoms with Gasteiger partial charge in [-0.05, 0) is 44.1 Å². The lowest BCUT2D eigenvalue weighted by atomic mass is 9.92. The van der Waals surface area contributed by atoms with E-state index in [4.69, 9.17) is 4.43 Å². The fourth-order valence-corrected chi connectivity index (χ4v) is 3.86. The first-order valence-electron chi connectivity index (χ1n) is 7.35. The Labute approximate surface area is 123 Å². The van der Waals surface area contributed by atoms with Gasteiger partial charge >= 0.3 is 6.09 Å². The molecular weight excluding hydrogens is 272 g/mol. The number of hydrogen-bond donors (Lipinski definition) is 2. The first kappa shape index (κ1) is 17.5. The highest BCUT2D eigenvalue weighted by Crippen LogP contribution is 2.41. The van der Waals surface area contributed by atoms with Crippen molar-refractivity contribution in [2.24, 2.45) is 0 Å². The highest BCUT2D eigenvalue weighted by atomic mass is 28.4. The van der Waals surface area contributed by atoms with Crippen molar-refractivity contribution in [1.29, 1.82) is 0 Å². The first-order chi connectivity index (χ1) is 9.12. The van der Waals surface area contributed by atoms with Crippen molar-refractivity contribution in [3.8, 4) is 0 Å². The van der Waals surface area contributed by atoms with E-state index in [1.54, 1.807) is 0 Å². The molecule has 0 saturated carbocycles. The van der Waals surface area contributed by atoms with Gasteiger partial charge in [0.25, 0.3) is 0 Å². The fourth-order valence-electron chi connectivity index (χ4n) is 2.20. The number of amides is 1. The Balaban J connectivity index is 2.80. The van der Waals surface area contributed by atoms with Crippen molar-refractivity contribution in [3.63, 3.8) is 0 Å². The van der Waals surface area contributed by atoms with Gasteiger partial charge in [-0.3, -0.25) is 0 Å². The van der Waals surface area contributed by atoms with Crippen molar-refractivity contribution >= 4 is 14.4 Å². The molecule has 0 aromatic heterocycles. The molecule has 20 heavy (non-hydrogen) atoms. The molecule has 1 rings (SSSR count). The first-order valence-corrected chi connectivity index (χ1v) is 10.3. The third-order valence-corrected chi connectivity index (χ3v) is 9.09. The van der Waals surface area contributed by atoms with Crippen LogP contribution in [0.4, 0.5) is 4.79 Å². The van der Waals surface area contributed by atoms with Crippen LogP contribution in [-0.2, 0) is 9.16 Å². The second-order valence-electron chi connectivity index (χ2n) is 7.14. The van der Waals surface area contributed by atoms with Crippen LogP contribution in [0.2, 0.25) is 18.1 Å². The van der Waals surface area contributed by atoms with Gasteiger partial charge in [0.1, 0.15) is 0 Å². The van der Waals surface area contributed by atoms with Gasteiger partial charge in [-0.2, -0.15) is 0 Å². The summed E-state index contributed by atoms with van der Waals surface area (Å²) < 4.78 is 11.3. The van der Waals surface area contributed by atoms with Crippen LogP contribution in [0.1, 0.15) is 33.6 Å². The predicted octanol–water partition coefficient (Wildman–Crippen LogP) is 2.49. The van der Waals surface area contributed by atoms with Gasteiger partial charge < -0.3 is 19.8 Å². The largest absolute Gasteiger partial charge is 0.453 e. The van der Waals surface area contributed by atoms with Gasteiger partial charge in [0.05, 0.1) is 12.7 Å². The minimum Gasteiger partial charge on any atom is -0.453 e. The summed E-state index contributed by atoms with van der Waals surface area (Å²) in [6, 6.07) is 0. The van der Waals surface area contributed by atoms with E-state index in [1.165, 1.54) is 7.11 Å². The van der Waals surface area contributed by atoms with Crippen molar-refractivity contribution in [1.82, 2.24) is 10.6 Å². The molecule has 0 spiro atoms. The van der Waals surface area contributed by atoms with Gasteiger partial charge in [-0.15, -0.1) is 0 Å². The summed E-state index contributed by atoms with van der Waals surface area (Å²) >= 11 is 0. The maximum atomic E-state index is 11.4. The molecule has 1 aliphatic rings. The van der Waals surface area contributed by atoms with Crippen LogP contribution in [0.25, 0.3) is 0 Å². The SMILES string of the molecule is COC(=O)NCC1(O[Si](C)(C)C(C)(C)C)CCNCC1. The minimum atomic E-state index is -1.87. The monoisotopic (exact) mass is 302 g/mol. The Hall–Kier alpha value is -0.593. The summed E-state index contributed by atoms with van der Waals surface area (Å²) in [6.07, 6.45) is 1.45. The molecular formula is C14H30N2O3Si. The minimum absolute atomic E-state index is 0.163. The van der Waals surface area contributed by atoms with Crippen LogP contribution in [0.3, 0.4) is 0 Å². The zero-order chi connectivity index (χ0) is 15.4. The quantitative estimate of drug-likeness (QED) is 0.783. The van der Waals surface area contributed by atoms with E-state index in [9.17, 15) is 4.79 Å². The summed E-state index contributed by atoms with van der Waals surface area (Å²) in [7, 11) is -0.479. The highest BCUT2D eigenvalue weighted by Gasteiger charge is 2.45. The third kappa shape index (κ3) is 4.46. The lowest BCUT2D eigenvalue weighted by Crippen LogP contribution is -2.58. The third-order valence-electron chi connectivity index (χ3n) is 4.53. The Bertz CT molecular complexity index is 334. The molecule has 1 saturated heterocycles. The van der Waals surface area contributed by atoms with Gasteiger partial charge in [-0.1, -0.05) is 20.8 Å². The summed E-state index contributed by atoms with van der Waals surface area (Å²) in [5, 5.41) is 6.35. The number of alkyl carbamates (subject to hydrolysis) is 1. The lowest BCUT2D eigenvalue weighted by Gasteiger charge is -2.47. The molecule has 0 aliphatic carbocycles. The standard InChI is InChI=1S/C14H30N2O3Si/c1-13(2,3)20(5,6)19-14(7-9-15-10-8-14)11-16-12(17)18-4/h15H,7-11H2,1-6H3,(H,16,17). The second kappa shape index (κ2) is 6.45. The Morgan fingerprint density at radius 2 is 1.85 bits per heavy atom. The molecule has 0 aromatic rings. The van der Waals surface area contributed by atoms with Crippen LogP contribution in [-0.4, -0.2) is 46.8 Å². The van der Waals surface area contributed by atoms with Crippen LogP contribution < -0.4 is 10.6 Å². The number of carbonyl (C=O) groups is 1. The lowest BCUT2D eigenvalue weighted by molar-refractivity contribution is 0.0230. The fraction of sp³-hybridized carbons (Fsp3) is 0.929. The maximum Gasteiger partial charge on any atom is 0.406 e. The molecule has 5 nitrogen and oxygen atoms in total. The van der Waals surface area contributed by atoms with Crippen LogP contribution in [0.5, 0.6) is 0 Å². The molecule has 0 unspecified atom stereocenters. The molecule has 2 N–H and O–H groups in total. The molecule has 6 heteroatoms. The van der Waals surface area contributed by atoms with Crippen molar-refractivity contribution in [3.05, 3.63) is 0 Å². The van der Waals surface area contributed by atoms with Gasteiger partial charge in [-0.25, -0.2) is 4.79 Å². The van der Waals surface area contributed by atoms with Crippen molar-refractivity contribution in [2.45, 2.75) is 57.3 Å². The summed E-state index contributed by atoms with van der Waals surface area (Å²) in [5.41, 5.74) is -0.261. The Kier molecular flexibility index (Phi) is 5.63. The zero-order valence-electron chi connectivity index (χ0n) is 13.8. The number of rotatable bonds is 4. The summed E-state index contributed by atoms with van der Waals surface area (Å²) in [4.78, 5) is 11.4. The molecule has 0 radical (unpaired) electrons. The Morgan fingerprint density at radius 3 is 2.30 bits per heavy atom. The van der Waals surface area contributed by atoms with Gasteiger partial charge in [0.15, 0.2) is 8.32 Å². The highest BCUT2D eigenvalue weighted by molar-refractivity contribution is 6.74. The van der Waals surface area contributed by atoms with E-state index < -0.39 is 8.32 Å². The van der Waals surface area contributed by atoms with E-state index >= 15 is 0 Å². The van der Waals surface area contributed by atoms with Gasteiger partial charge in [0, 0.05) is 6.54 Å². The number of ether oxygens (including phenoxy) is 1. The number of nitrogens with one attached hydrogen (secondary N) is 2. The average Bonchev–Trinajstić information content (AvgIpc) is 2.35. The van der Waals surface area contributed by atoms with Crippen LogP contribution >= 0.6 is 0 Å². The smallest absolute Gasteiger partial charge is 0.406 e. The summed E-state index contributed by atoms with van der Waals surface area (Å²) in [5.74, 6) is 0. The molecule has 1 fully saturated rings. The van der Waals surface area contributed by atoms with E-state index in [1.807, 2.05) is 0 Å². The number of piperidine rings is 1. The van der Waals surface area contributed by atoms with Crippen molar-refractivity contribution in [2.75, 3.05) is 26.7 Å². The zero-order valence-corrected chi connectivity index (χ0v) is 14.8. The number of carbonyl (C=O) groups excluding carboxylic acids is 1. The van der Waals surface area contributed by atoms with E-state index in [2.05, 4.69) is 49.2 Å². The topological polar surface area (TPSA) is 59.6 Å². The average molecular weight is 302 g/mol. The molecule has 1 heterocycles. The molecule has 1 aliphatic heterocycles. The number of hydrogen-bond acceptors (Lipinski definition) is 4. The molecule has 0 atom stereocenters. The maximum absolute atomic E-state index is 11.4. The molecule has 1 amide bonds. The van der Waals surface area contributed by atoms with E-state index in [0.29, 0.717) is 6.54 Å². The molecule has 0 aromatic carbocycles. The van der Waals surface area contributed by atoms with Gasteiger partial charge in [0.2, 0.25) is 0 Å². The second-order valence-corrected chi connectivity index (χ2v) is 11.9. The molecule has 118 valence electrons. The Morgan fingerprint density at radius 1 is 1.30 bits per heavy atom.